The molecule has 0 atom stereocenters. The molecular formula is C23H23BrN2O3. The number of ether oxygens (including phenoxy) is 2. The molecule has 0 aliphatic carbocycles. The van der Waals surface area contributed by atoms with E-state index in [0.29, 0.717) is 5.75 Å². The lowest BCUT2D eigenvalue weighted by Crippen LogP contribution is -2.36. The van der Waals surface area contributed by atoms with Crippen LogP contribution in [0.15, 0.2) is 59.1 Å². The molecule has 1 aliphatic heterocycles. The molecular weight excluding hydrogens is 432 g/mol. The van der Waals surface area contributed by atoms with Crippen molar-refractivity contribution in [2.75, 3.05) is 43.1 Å². The van der Waals surface area contributed by atoms with Crippen molar-refractivity contribution in [2.24, 2.45) is 0 Å². The van der Waals surface area contributed by atoms with Crippen LogP contribution in [0.5, 0.6) is 5.75 Å². The summed E-state index contributed by atoms with van der Waals surface area (Å²) >= 11 is 3.59. The quantitative estimate of drug-likeness (QED) is 0.603. The van der Waals surface area contributed by atoms with Crippen LogP contribution in [-0.2, 0) is 9.53 Å². The maximum atomic E-state index is 12.4. The van der Waals surface area contributed by atoms with Gasteiger partial charge in [0.25, 0.3) is 5.91 Å². The summed E-state index contributed by atoms with van der Waals surface area (Å²) in [4.78, 5) is 14.7. The Balaban J connectivity index is 1.39. The van der Waals surface area contributed by atoms with Crippen molar-refractivity contribution < 1.29 is 14.3 Å². The number of hydrogen-bond acceptors (Lipinski definition) is 4. The minimum atomic E-state index is -0.188. The van der Waals surface area contributed by atoms with E-state index in [9.17, 15) is 4.79 Å². The van der Waals surface area contributed by atoms with Gasteiger partial charge in [0.15, 0.2) is 6.61 Å². The van der Waals surface area contributed by atoms with Crippen LogP contribution in [0.3, 0.4) is 0 Å². The summed E-state index contributed by atoms with van der Waals surface area (Å²) in [5.41, 5.74) is 2.97. The number of hydrogen-bond donors (Lipinski definition) is 1. The highest BCUT2D eigenvalue weighted by atomic mass is 79.9. The van der Waals surface area contributed by atoms with Crippen LogP contribution < -0.4 is 15.0 Å². The van der Waals surface area contributed by atoms with Crippen molar-refractivity contribution in [3.63, 3.8) is 0 Å². The fourth-order valence-corrected chi connectivity index (χ4v) is 4.07. The summed E-state index contributed by atoms with van der Waals surface area (Å²) in [6.45, 7) is 5.22. The molecule has 1 aliphatic rings. The molecule has 0 spiro atoms. The molecule has 3 aromatic rings. The van der Waals surface area contributed by atoms with E-state index in [-0.39, 0.29) is 12.5 Å². The third-order valence-electron chi connectivity index (χ3n) is 5.05. The number of rotatable bonds is 5. The van der Waals surface area contributed by atoms with Gasteiger partial charge >= 0.3 is 0 Å². The van der Waals surface area contributed by atoms with Gasteiger partial charge in [0.2, 0.25) is 0 Å². The topological polar surface area (TPSA) is 50.8 Å². The van der Waals surface area contributed by atoms with Crippen LogP contribution in [0, 0.1) is 6.92 Å². The van der Waals surface area contributed by atoms with E-state index >= 15 is 0 Å². The first-order valence-corrected chi connectivity index (χ1v) is 10.4. The number of halogens is 1. The lowest BCUT2D eigenvalue weighted by Gasteiger charge is -2.29. The number of fused-ring (bicyclic) bond motifs is 1. The highest BCUT2D eigenvalue weighted by Crippen LogP contribution is 2.33. The normalized spacial score (nSPS) is 14.1. The van der Waals surface area contributed by atoms with Gasteiger partial charge in [-0.2, -0.15) is 0 Å². The third-order valence-corrected chi connectivity index (χ3v) is 5.86. The van der Waals surface area contributed by atoms with Gasteiger partial charge in [0, 0.05) is 24.5 Å². The van der Waals surface area contributed by atoms with Crippen LogP contribution in [0.1, 0.15) is 5.56 Å². The van der Waals surface area contributed by atoms with E-state index in [4.69, 9.17) is 9.47 Å². The van der Waals surface area contributed by atoms with E-state index in [1.54, 1.807) is 0 Å². The molecule has 6 heteroatoms. The van der Waals surface area contributed by atoms with Crippen molar-refractivity contribution in [3.8, 4) is 5.75 Å². The first-order valence-electron chi connectivity index (χ1n) is 9.65. The highest BCUT2D eigenvalue weighted by Gasteiger charge is 2.14. The van der Waals surface area contributed by atoms with E-state index in [2.05, 4.69) is 32.2 Å². The number of nitrogens with one attached hydrogen (secondary N) is 1. The zero-order chi connectivity index (χ0) is 20.2. The number of nitrogens with zero attached hydrogens (tertiary/aromatic N) is 1. The van der Waals surface area contributed by atoms with E-state index in [0.717, 1.165) is 58.5 Å². The molecule has 5 nitrogen and oxygen atoms in total. The second-order valence-corrected chi connectivity index (χ2v) is 7.83. The highest BCUT2D eigenvalue weighted by molar-refractivity contribution is 9.10. The largest absolute Gasteiger partial charge is 0.483 e. The summed E-state index contributed by atoms with van der Waals surface area (Å²) in [5, 5.41) is 5.12. The Labute approximate surface area is 178 Å². The number of amides is 1. The molecule has 1 saturated heterocycles. The molecule has 150 valence electrons. The molecule has 4 rings (SSSR count). The van der Waals surface area contributed by atoms with E-state index in [1.165, 1.54) is 0 Å². The number of carbonyl (C=O) groups excluding carboxylic acids is 1. The maximum Gasteiger partial charge on any atom is 0.262 e. The predicted molar refractivity (Wildman–Crippen MR) is 120 cm³/mol. The van der Waals surface area contributed by atoms with Crippen molar-refractivity contribution in [1.82, 2.24) is 0 Å². The number of anilines is 2. The van der Waals surface area contributed by atoms with Gasteiger partial charge in [-0.25, -0.2) is 0 Å². The van der Waals surface area contributed by atoms with Gasteiger partial charge in [-0.3, -0.25) is 4.79 Å². The van der Waals surface area contributed by atoms with Gasteiger partial charge in [-0.05, 0) is 63.5 Å². The van der Waals surface area contributed by atoms with Crippen LogP contribution in [0.25, 0.3) is 10.8 Å². The molecule has 1 amide bonds. The summed E-state index contributed by atoms with van der Waals surface area (Å²) < 4.78 is 12.0. The zero-order valence-electron chi connectivity index (χ0n) is 16.3. The molecule has 0 saturated carbocycles. The van der Waals surface area contributed by atoms with Crippen LogP contribution >= 0.6 is 15.9 Å². The lowest BCUT2D eigenvalue weighted by molar-refractivity contribution is -0.118. The minimum absolute atomic E-state index is 0.0540. The molecule has 0 unspecified atom stereocenters. The standard InChI is InChI=1S/C23H23BrN2O3/c1-16-14-18(26-10-12-28-13-11-26)7-8-20(16)25-22(27)15-29-21-9-6-17-4-2-3-5-19(17)23(21)24/h2-9,14H,10-13,15H2,1H3,(H,25,27). The van der Waals surface area contributed by atoms with E-state index in [1.807, 2.05) is 55.5 Å². The Morgan fingerprint density at radius 2 is 1.93 bits per heavy atom. The molecule has 1 fully saturated rings. The van der Waals surface area contributed by atoms with Gasteiger partial charge in [0.05, 0.1) is 17.7 Å². The Kier molecular flexibility index (Phi) is 6.02. The zero-order valence-corrected chi connectivity index (χ0v) is 17.9. The molecule has 3 aromatic carbocycles. The Morgan fingerprint density at radius 1 is 1.14 bits per heavy atom. The maximum absolute atomic E-state index is 12.4. The van der Waals surface area contributed by atoms with Crippen LogP contribution in [-0.4, -0.2) is 38.8 Å². The summed E-state index contributed by atoms with van der Waals surface area (Å²) in [5.74, 6) is 0.463. The summed E-state index contributed by atoms with van der Waals surface area (Å²) in [7, 11) is 0. The van der Waals surface area contributed by atoms with E-state index < -0.39 is 0 Å². The summed E-state index contributed by atoms with van der Waals surface area (Å²) in [6, 6.07) is 18.0. The van der Waals surface area contributed by atoms with Crippen molar-refractivity contribution in [2.45, 2.75) is 6.92 Å². The van der Waals surface area contributed by atoms with Gasteiger partial charge in [-0.15, -0.1) is 0 Å². The second-order valence-electron chi connectivity index (χ2n) is 7.03. The molecule has 29 heavy (non-hydrogen) atoms. The molecule has 0 aromatic heterocycles. The fourth-order valence-electron chi connectivity index (χ4n) is 3.46. The average Bonchev–Trinajstić information content (AvgIpc) is 2.75. The predicted octanol–water partition coefficient (Wildman–Crippen LogP) is 4.76. The van der Waals surface area contributed by atoms with Gasteiger partial charge < -0.3 is 19.7 Å². The average molecular weight is 455 g/mol. The van der Waals surface area contributed by atoms with Crippen molar-refractivity contribution >= 4 is 44.0 Å². The van der Waals surface area contributed by atoms with Crippen molar-refractivity contribution in [1.29, 1.82) is 0 Å². The minimum Gasteiger partial charge on any atom is -0.483 e. The molecule has 0 bridgehead atoms. The number of aryl methyl sites for hydroxylation is 1. The SMILES string of the molecule is Cc1cc(N2CCOCC2)ccc1NC(=O)COc1ccc2ccccc2c1Br. The number of morpholine rings is 1. The first kappa shape index (κ1) is 19.7. The summed E-state index contributed by atoms with van der Waals surface area (Å²) in [6.07, 6.45) is 0. The first-order chi connectivity index (χ1) is 14.1. The van der Waals surface area contributed by atoms with Crippen LogP contribution in [0.4, 0.5) is 11.4 Å². The Hall–Kier alpha value is -2.57. The smallest absolute Gasteiger partial charge is 0.262 e. The second kappa shape index (κ2) is 8.84. The Morgan fingerprint density at radius 3 is 2.72 bits per heavy atom. The number of benzene rings is 3. The van der Waals surface area contributed by atoms with Crippen LogP contribution in [0.2, 0.25) is 0 Å². The molecule has 1 heterocycles. The molecule has 1 N–H and O–H groups in total. The lowest BCUT2D eigenvalue weighted by atomic mass is 10.1. The fraction of sp³-hybridized carbons (Fsp3) is 0.261. The van der Waals surface area contributed by atoms with Crippen molar-refractivity contribution in [3.05, 3.63) is 64.6 Å². The monoisotopic (exact) mass is 454 g/mol. The third kappa shape index (κ3) is 4.54. The Bertz CT molecular complexity index is 1030. The number of carbonyl (C=O) groups is 1. The molecule has 0 radical (unpaired) electrons. The van der Waals surface area contributed by atoms with Gasteiger partial charge in [0.1, 0.15) is 5.75 Å². The van der Waals surface area contributed by atoms with Gasteiger partial charge in [-0.1, -0.05) is 30.3 Å².